The first-order chi connectivity index (χ1) is 15.8. The van der Waals surface area contributed by atoms with Crippen LogP contribution in [0.25, 0.3) is 21.9 Å². The summed E-state index contributed by atoms with van der Waals surface area (Å²) in [5.41, 5.74) is 2.11. The van der Waals surface area contributed by atoms with Crippen molar-refractivity contribution in [2.45, 2.75) is 44.6 Å². The highest BCUT2D eigenvalue weighted by Crippen LogP contribution is 2.34. The number of amides is 2. The summed E-state index contributed by atoms with van der Waals surface area (Å²) >= 11 is 0. The lowest BCUT2D eigenvalue weighted by Crippen LogP contribution is -2.59. The van der Waals surface area contributed by atoms with Gasteiger partial charge in [-0.15, -0.1) is 0 Å². The molecule has 0 atom stereocenters. The number of fused-ring (bicyclic) bond motifs is 1. The van der Waals surface area contributed by atoms with E-state index in [1.54, 1.807) is 18.3 Å². The molecule has 2 saturated carbocycles. The molecule has 2 aliphatic carbocycles. The summed E-state index contributed by atoms with van der Waals surface area (Å²) < 4.78 is 0. The molecule has 0 spiro atoms. The van der Waals surface area contributed by atoms with Gasteiger partial charge in [0.05, 0.1) is 0 Å². The average Bonchev–Trinajstić information content (AvgIpc) is 3.61. The average molecular weight is 444 g/mol. The van der Waals surface area contributed by atoms with Crippen LogP contribution in [0, 0.1) is 12.8 Å². The molecule has 0 aliphatic heterocycles. The smallest absolute Gasteiger partial charge is 0.329 e. The van der Waals surface area contributed by atoms with Crippen LogP contribution in [-0.4, -0.2) is 33.4 Å². The topological polar surface area (TPSA) is 108 Å². The molecule has 7 nitrogen and oxygen atoms in total. The minimum absolute atomic E-state index is 0.0239. The van der Waals surface area contributed by atoms with Gasteiger partial charge >= 0.3 is 5.97 Å². The van der Waals surface area contributed by atoms with Crippen LogP contribution in [-0.2, 0) is 9.59 Å². The van der Waals surface area contributed by atoms with Crippen LogP contribution < -0.4 is 10.6 Å². The molecule has 0 radical (unpaired) electrons. The van der Waals surface area contributed by atoms with Gasteiger partial charge in [-0.05, 0) is 85.4 Å². The van der Waals surface area contributed by atoms with Crippen molar-refractivity contribution in [3.63, 3.8) is 0 Å². The molecule has 7 heteroatoms. The van der Waals surface area contributed by atoms with Crippen molar-refractivity contribution in [3.8, 4) is 11.1 Å². The molecule has 3 N–H and O–H groups in total. The number of hydrogen-bond donors (Lipinski definition) is 3. The van der Waals surface area contributed by atoms with Gasteiger partial charge in [0.2, 0.25) is 5.91 Å². The SMILES string of the molecule is Cc1ccc(C(=O)NC2(C(=O)O)CCC2)cc1-c1ccc2cc(NC(=O)C3CC3)ncc2c1. The highest BCUT2D eigenvalue weighted by molar-refractivity contribution is 6.00. The Morgan fingerprint density at radius 2 is 1.82 bits per heavy atom. The first-order valence-corrected chi connectivity index (χ1v) is 11.2. The predicted molar refractivity (Wildman–Crippen MR) is 125 cm³/mol. The normalized spacial score (nSPS) is 16.6. The number of nitrogens with zero attached hydrogens (tertiary/aromatic N) is 1. The molecule has 5 rings (SSSR count). The third-order valence-corrected chi connectivity index (χ3v) is 6.70. The second-order valence-electron chi connectivity index (χ2n) is 9.12. The molecule has 33 heavy (non-hydrogen) atoms. The fourth-order valence-electron chi connectivity index (χ4n) is 4.24. The Kier molecular flexibility index (Phi) is 5.12. The zero-order valence-electron chi connectivity index (χ0n) is 18.4. The molecule has 2 aromatic carbocycles. The monoisotopic (exact) mass is 443 g/mol. The van der Waals surface area contributed by atoms with E-state index in [9.17, 15) is 19.5 Å². The van der Waals surface area contributed by atoms with E-state index in [1.807, 2.05) is 37.3 Å². The third-order valence-electron chi connectivity index (χ3n) is 6.70. The molecule has 2 aliphatic rings. The Hall–Kier alpha value is -3.74. The second-order valence-corrected chi connectivity index (χ2v) is 9.12. The van der Waals surface area contributed by atoms with E-state index in [2.05, 4.69) is 15.6 Å². The minimum atomic E-state index is -1.15. The Labute approximate surface area is 191 Å². The summed E-state index contributed by atoms with van der Waals surface area (Å²) in [7, 11) is 0. The number of hydrogen-bond acceptors (Lipinski definition) is 4. The summed E-state index contributed by atoms with van der Waals surface area (Å²) in [6.07, 6.45) is 5.32. The number of carbonyl (C=O) groups is 3. The molecule has 3 aromatic rings. The molecular weight excluding hydrogens is 418 g/mol. The first-order valence-electron chi connectivity index (χ1n) is 11.2. The number of aromatic nitrogens is 1. The van der Waals surface area contributed by atoms with Crippen molar-refractivity contribution < 1.29 is 19.5 Å². The first kappa shape index (κ1) is 21.1. The van der Waals surface area contributed by atoms with Crippen molar-refractivity contribution in [2.24, 2.45) is 5.92 Å². The van der Waals surface area contributed by atoms with Gasteiger partial charge in [-0.3, -0.25) is 9.59 Å². The van der Waals surface area contributed by atoms with Gasteiger partial charge in [-0.2, -0.15) is 0 Å². The number of benzene rings is 2. The minimum Gasteiger partial charge on any atom is -0.480 e. The van der Waals surface area contributed by atoms with E-state index in [1.165, 1.54) is 0 Å². The summed E-state index contributed by atoms with van der Waals surface area (Å²) in [5.74, 6) is -0.672. The number of aliphatic carboxylic acids is 1. The summed E-state index contributed by atoms with van der Waals surface area (Å²) in [5, 5.41) is 17.0. The van der Waals surface area contributed by atoms with Crippen molar-refractivity contribution in [3.05, 3.63) is 59.8 Å². The lowest BCUT2D eigenvalue weighted by Gasteiger charge is -2.38. The Balaban J connectivity index is 1.41. The van der Waals surface area contributed by atoms with Gasteiger partial charge in [0.15, 0.2) is 0 Å². The van der Waals surface area contributed by atoms with Crippen molar-refractivity contribution in [1.29, 1.82) is 0 Å². The van der Waals surface area contributed by atoms with Gasteiger partial charge in [-0.25, -0.2) is 9.78 Å². The summed E-state index contributed by atoms with van der Waals surface area (Å²) in [6, 6.07) is 13.2. The lowest BCUT2D eigenvalue weighted by molar-refractivity contribution is -0.148. The van der Waals surface area contributed by atoms with Crippen molar-refractivity contribution in [2.75, 3.05) is 5.32 Å². The lowest BCUT2D eigenvalue weighted by atomic mass is 9.76. The number of carboxylic acid groups (broad SMARTS) is 1. The van der Waals surface area contributed by atoms with Gasteiger partial charge in [-0.1, -0.05) is 18.2 Å². The van der Waals surface area contributed by atoms with E-state index in [0.29, 0.717) is 24.2 Å². The molecule has 0 unspecified atom stereocenters. The maximum atomic E-state index is 12.8. The molecule has 1 aromatic heterocycles. The van der Waals surface area contributed by atoms with Crippen molar-refractivity contribution in [1.82, 2.24) is 10.3 Å². The van der Waals surface area contributed by atoms with Gasteiger partial charge < -0.3 is 15.7 Å². The Bertz CT molecular complexity index is 1290. The van der Waals surface area contributed by atoms with Crippen LogP contribution in [0.15, 0.2) is 48.7 Å². The van der Waals surface area contributed by atoms with E-state index < -0.39 is 11.5 Å². The predicted octanol–water partition coefficient (Wildman–Crippen LogP) is 4.30. The summed E-state index contributed by atoms with van der Waals surface area (Å²) in [6.45, 7) is 1.97. The molecule has 2 amide bonds. The summed E-state index contributed by atoms with van der Waals surface area (Å²) in [4.78, 5) is 40.8. The number of carboxylic acids is 1. The molecular formula is C26H25N3O4. The third kappa shape index (κ3) is 4.06. The van der Waals surface area contributed by atoms with Crippen LogP contribution in [0.1, 0.15) is 48.0 Å². The van der Waals surface area contributed by atoms with Gasteiger partial charge in [0, 0.05) is 23.1 Å². The number of anilines is 1. The largest absolute Gasteiger partial charge is 0.480 e. The van der Waals surface area contributed by atoms with Crippen LogP contribution >= 0.6 is 0 Å². The molecule has 0 bridgehead atoms. The quantitative estimate of drug-likeness (QED) is 0.527. The number of nitrogens with one attached hydrogen (secondary N) is 2. The molecule has 2 fully saturated rings. The molecule has 0 saturated heterocycles. The number of aryl methyl sites for hydroxylation is 1. The van der Waals surface area contributed by atoms with E-state index >= 15 is 0 Å². The van der Waals surface area contributed by atoms with Gasteiger partial charge in [0.1, 0.15) is 11.4 Å². The van der Waals surface area contributed by atoms with Crippen LogP contribution in [0.3, 0.4) is 0 Å². The van der Waals surface area contributed by atoms with Crippen LogP contribution in [0.2, 0.25) is 0 Å². The van der Waals surface area contributed by atoms with Crippen molar-refractivity contribution >= 4 is 34.4 Å². The van der Waals surface area contributed by atoms with E-state index in [4.69, 9.17) is 0 Å². The van der Waals surface area contributed by atoms with E-state index in [0.717, 1.165) is 46.7 Å². The van der Waals surface area contributed by atoms with Crippen LogP contribution in [0.5, 0.6) is 0 Å². The fraction of sp³-hybridized carbons (Fsp3) is 0.308. The molecule has 1 heterocycles. The second kappa shape index (κ2) is 7.99. The Morgan fingerprint density at radius 1 is 1.03 bits per heavy atom. The maximum Gasteiger partial charge on any atom is 0.329 e. The van der Waals surface area contributed by atoms with E-state index in [-0.39, 0.29) is 17.7 Å². The van der Waals surface area contributed by atoms with Crippen LogP contribution in [0.4, 0.5) is 5.82 Å². The highest BCUT2D eigenvalue weighted by Gasteiger charge is 2.45. The standard InChI is InChI=1S/C26H25N3O4/c1-15-3-4-19(24(31)29-26(25(32)33)9-2-10-26)12-21(15)18-8-7-17-13-22(27-14-20(17)11-18)28-23(30)16-5-6-16/h3-4,7-8,11-14,16H,2,5-6,9-10H2,1H3,(H,29,31)(H,32,33)(H,27,28,30). The zero-order valence-corrected chi connectivity index (χ0v) is 18.4. The zero-order chi connectivity index (χ0) is 23.2. The maximum absolute atomic E-state index is 12.8. The Morgan fingerprint density at radius 3 is 2.48 bits per heavy atom. The highest BCUT2D eigenvalue weighted by atomic mass is 16.4. The number of rotatable bonds is 6. The number of pyridine rings is 1. The van der Waals surface area contributed by atoms with Gasteiger partial charge in [0.25, 0.3) is 5.91 Å². The fourth-order valence-corrected chi connectivity index (χ4v) is 4.24. The number of carbonyl (C=O) groups excluding carboxylic acids is 2. The molecule has 168 valence electrons.